The van der Waals surface area contributed by atoms with E-state index < -0.39 is 21.2 Å². The maximum Gasteiger partial charge on any atom is 0.243 e. The molecule has 1 aliphatic rings. The lowest BCUT2D eigenvalue weighted by Crippen LogP contribution is -2.31. The number of aromatic nitrogens is 5. The Morgan fingerprint density at radius 2 is 1.80 bits per heavy atom. The van der Waals surface area contributed by atoms with E-state index in [1.807, 2.05) is 0 Å². The second-order valence-electron chi connectivity index (χ2n) is 8.13. The summed E-state index contributed by atoms with van der Waals surface area (Å²) in [5.41, 5.74) is 0.465. The average Bonchev–Trinajstić information content (AvgIpc) is 3.52. The Labute approximate surface area is 208 Å². The number of para-hydroxylation sites is 1. The van der Waals surface area contributed by atoms with Crippen LogP contribution in [0.25, 0.3) is 5.69 Å². The molecule has 1 aliphatic heterocycles. The van der Waals surface area contributed by atoms with Crippen molar-refractivity contribution < 1.29 is 22.6 Å². The number of rotatable bonds is 9. The van der Waals surface area contributed by atoms with Gasteiger partial charge in [0.05, 0.1) is 24.5 Å². The van der Waals surface area contributed by atoms with E-state index in [2.05, 4.69) is 24.9 Å². The third kappa shape index (κ3) is 5.04. The van der Waals surface area contributed by atoms with Crippen molar-refractivity contribution in [1.82, 2.24) is 24.7 Å². The van der Waals surface area contributed by atoms with Gasteiger partial charge in [-0.3, -0.25) is 9.29 Å². The van der Waals surface area contributed by atoms with Crippen molar-refractivity contribution in [2.45, 2.75) is 44.0 Å². The molecule has 11 nitrogen and oxygen atoms in total. The van der Waals surface area contributed by atoms with Gasteiger partial charge >= 0.3 is 0 Å². The number of methoxy groups -OCH3 is 2. The second kappa shape index (κ2) is 10.3. The Balaban J connectivity index is 1.76. The molecule has 35 heavy (non-hydrogen) atoms. The van der Waals surface area contributed by atoms with Crippen LogP contribution in [0, 0.1) is 0 Å². The van der Waals surface area contributed by atoms with Crippen LogP contribution in [0.4, 0.5) is 5.95 Å². The van der Waals surface area contributed by atoms with E-state index in [9.17, 15) is 8.42 Å². The molecule has 0 unspecified atom stereocenters. The van der Waals surface area contributed by atoms with Crippen LogP contribution in [0.2, 0.25) is 5.02 Å². The number of hydrogen-bond donors (Lipinski definition) is 1. The summed E-state index contributed by atoms with van der Waals surface area (Å²) >= 11 is 5.87. The van der Waals surface area contributed by atoms with Gasteiger partial charge < -0.3 is 14.2 Å². The molecule has 1 aromatic carbocycles. The molecule has 0 spiro atoms. The summed E-state index contributed by atoms with van der Waals surface area (Å²) in [5.74, 6) is 1.19. The number of nitrogens with one attached hydrogen (secondary N) is 1. The summed E-state index contributed by atoms with van der Waals surface area (Å²) in [6, 6.07) is 5.27. The van der Waals surface area contributed by atoms with Crippen LogP contribution in [0.1, 0.15) is 50.4 Å². The van der Waals surface area contributed by atoms with Gasteiger partial charge in [-0.15, -0.1) is 10.2 Å². The molecule has 13 heteroatoms. The van der Waals surface area contributed by atoms with Crippen LogP contribution in [0.3, 0.4) is 0 Å². The predicted molar refractivity (Wildman–Crippen MR) is 130 cm³/mol. The van der Waals surface area contributed by atoms with Crippen molar-refractivity contribution in [3.05, 3.63) is 47.3 Å². The molecule has 0 amide bonds. The van der Waals surface area contributed by atoms with Crippen molar-refractivity contribution >= 4 is 27.6 Å². The van der Waals surface area contributed by atoms with Crippen LogP contribution < -0.4 is 14.2 Å². The first-order valence-corrected chi connectivity index (χ1v) is 13.0. The molecule has 0 aliphatic carbocycles. The van der Waals surface area contributed by atoms with Gasteiger partial charge in [0.15, 0.2) is 5.82 Å². The number of anilines is 1. The molecule has 0 saturated carbocycles. The molecule has 2 aromatic heterocycles. The minimum absolute atomic E-state index is 0.00521. The van der Waals surface area contributed by atoms with Gasteiger partial charge in [-0.25, -0.2) is 18.4 Å². The first-order valence-electron chi connectivity index (χ1n) is 11.0. The Kier molecular flexibility index (Phi) is 7.43. The zero-order valence-corrected chi connectivity index (χ0v) is 21.4. The minimum atomic E-state index is -3.96. The van der Waals surface area contributed by atoms with Gasteiger partial charge in [0, 0.05) is 24.9 Å². The van der Waals surface area contributed by atoms with E-state index in [1.165, 1.54) is 26.6 Å². The van der Waals surface area contributed by atoms with Gasteiger partial charge in [0.25, 0.3) is 0 Å². The fourth-order valence-electron chi connectivity index (χ4n) is 3.88. The minimum Gasteiger partial charge on any atom is -0.494 e. The first-order chi connectivity index (χ1) is 16.8. The molecule has 4 rings (SSSR count). The van der Waals surface area contributed by atoms with E-state index >= 15 is 0 Å². The fraction of sp³-hybridized carbons (Fsp3) is 0.455. The van der Waals surface area contributed by atoms with Crippen LogP contribution in [0.15, 0.2) is 30.6 Å². The lowest BCUT2D eigenvalue weighted by atomic mass is 10.1. The van der Waals surface area contributed by atoms with Crippen molar-refractivity contribution in [3.63, 3.8) is 0 Å². The van der Waals surface area contributed by atoms with Gasteiger partial charge in [-0.1, -0.05) is 24.6 Å². The third-order valence-electron chi connectivity index (χ3n) is 6.01. The first kappa shape index (κ1) is 25.1. The van der Waals surface area contributed by atoms with Crippen molar-refractivity contribution in [3.8, 4) is 17.2 Å². The largest absolute Gasteiger partial charge is 0.494 e. The molecule has 1 saturated heterocycles. The van der Waals surface area contributed by atoms with Gasteiger partial charge in [0.2, 0.25) is 16.0 Å². The van der Waals surface area contributed by atoms with E-state index in [-0.39, 0.29) is 12.1 Å². The van der Waals surface area contributed by atoms with Crippen LogP contribution in [0.5, 0.6) is 11.5 Å². The molecule has 3 heterocycles. The van der Waals surface area contributed by atoms with E-state index in [4.69, 9.17) is 25.8 Å². The standard InChI is InChI=1S/C22H27ClN6O5S/c1-13(20-24-11-15(23)12-25-20)14(2)35(30,31)28-22-27-26-21(18-9-6-10-34-18)29(22)19-16(32-3)7-5-8-17(19)33-4/h5,7-8,11-14,18H,6,9-10H2,1-4H3,(H,27,28)/t13-,14-,18+/m0/s1. The molecule has 0 bridgehead atoms. The molecule has 3 aromatic rings. The second-order valence-corrected chi connectivity index (χ2v) is 10.6. The molecule has 188 valence electrons. The van der Waals surface area contributed by atoms with Crippen molar-refractivity contribution in [1.29, 1.82) is 0 Å². The molecule has 1 N–H and O–H groups in total. The number of nitrogens with zero attached hydrogens (tertiary/aromatic N) is 5. The molecular weight excluding hydrogens is 496 g/mol. The van der Waals surface area contributed by atoms with Crippen LogP contribution >= 0.6 is 11.6 Å². The number of hydrogen-bond acceptors (Lipinski definition) is 9. The highest BCUT2D eigenvalue weighted by atomic mass is 35.5. The van der Waals surface area contributed by atoms with Gasteiger partial charge in [-0.05, 0) is 31.9 Å². The summed E-state index contributed by atoms with van der Waals surface area (Å²) in [7, 11) is -0.916. The Hall–Kier alpha value is -2.96. The maximum atomic E-state index is 13.4. The summed E-state index contributed by atoms with van der Waals surface area (Å²) in [6.07, 6.45) is 4.10. The molecule has 3 atom stereocenters. The topological polar surface area (TPSA) is 130 Å². The highest BCUT2D eigenvalue weighted by Crippen LogP contribution is 2.39. The predicted octanol–water partition coefficient (Wildman–Crippen LogP) is 3.51. The van der Waals surface area contributed by atoms with Crippen LogP contribution in [-0.2, 0) is 14.8 Å². The summed E-state index contributed by atoms with van der Waals surface area (Å²) < 4.78 is 48.0. The van der Waals surface area contributed by atoms with E-state index in [1.54, 1.807) is 36.6 Å². The number of benzene rings is 1. The summed E-state index contributed by atoms with van der Waals surface area (Å²) in [4.78, 5) is 8.34. The molecule has 0 radical (unpaired) electrons. The average molecular weight is 523 g/mol. The lowest BCUT2D eigenvalue weighted by molar-refractivity contribution is 0.103. The molecular formula is C22H27ClN6O5S. The quantitative estimate of drug-likeness (QED) is 0.448. The van der Waals surface area contributed by atoms with Crippen molar-refractivity contribution in [2.24, 2.45) is 0 Å². The van der Waals surface area contributed by atoms with E-state index in [0.717, 1.165) is 12.8 Å². The smallest absolute Gasteiger partial charge is 0.243 e. The SMILES string of the molecule is COc1cccc(OC)c1-n1c(NS(=O)(=O)[C@@H](C)[C@H](C)c2ncc(Cl)cn2)nnc1[C@H]1CCCO1. The highest BCUT2D eigenvalue weighted by molar-refractivity contribution is 7.93. The monoisotopic (exact) mass is 522 g/mol. The lowest BCUT2D eigenvalue weighted by Gasteiger charge is -2.22. The Morgan fingerprint density at radius 1 is 1.14 bits per heavy atom. The highest BCUT2D eigenvalue weighted by Gasteiger charge is 2.34. The van der Waals surface area contributed by atoms with Crippen molar-refractivity contribution in [2.75, 3.05) is 25.5 Å². The molecule has 1 fully saturated rings. The third-order valence-corrected chi connectivity index (χ3v) is 8.06. The fourth-order valence-corrected chi connectivity index (χ4v) is 5.21. The Bertz CT molecular complexity index is 1260. The number of ether oxygens (including phenoxy) is 3. The van der Waals surface area contributed by atoms with Gasteiger partial charge in [-0.2, -0.15) is 0 Å². The normalized spacial score (nSPS) is 17.7. The van der Waals surface area contributed by atoms with Gasteiger partial charge in [0.1, 0.15) is 29.1 Å². The zero-order chi connectivity index (χ0) is 25.2. The Morgan fingerprint density at radius 3 is 2.37 bits per heavy atom. The zero-order valence-electron chi connectivity index (χ0n) is 19.8. The number of halogens is 1. The maximum absolute atomic E-state index is 13.4. The summed E-state index contributed by atoms with van der Waals surface area (Å²) in [6.45, 7) is 3.90. The summed E-state index contributed by atoms with van der Waals surface area (Å²) in [5, 5.41) is 7.94. The van der Waals surface area contributed by atoms with Crippen LogP contribution in [-0.4, -0.2) is 59.2 Å². The number of sulfonamides is 1. The van der Waals surface area contributed by atoms with E-state index in [0.29, 0.717) is 40.5 Å².